The molecule has 3 amide bonds. The van der Waals surface area contributed by atoms with E-state index in [0.717, 1.165) is 22.9 Å². The van der Waals surface area contributed by atoms with Crippen LogP contribution in [0.25, 0.3) is 0 Å². The number of nitro benzene ring substituents is 1. The highest BCUT2D eigenvalue weighted by atomic mass is 16.6. The molecule has 2 aromatic carbocycles. The van der Waals surface area contributed by atoms with Gasteiger partial charge in [0, 0.05) is 23.3 Å². The van der Waals surface area contributed by atoms with Crippen molar-refractivity contribution in [2.75, 3.05) is 0 Å². The van der Waals surface area contributed by atoms with E-state index in [1.165, 1.54) is 31.2 Å². The molecule has 4 rings (SSSR count). The molecule has 1 heterocycles. The smallest absolute Gasteiger partial charge is 0.273 e. The summed E-state index contributed by atoms with van der Waals surface area (Å²) in [5, 5.41) is 12.8. The Morgan fingerprint density at radius 2 is 1.48 bits per heavy atom. The standard InChI is InChI=1S/C24H23N3O6/c1-15(21(28)16-7-3-2-4-8-16)25(22(29)17-11-13-18(14-12-17)27(32)33)26-23(30)19-9-5-6-10-20(19)24(26)31/h2-4,7-8,11-15,19-20H,5-6,9-10H2,1H3/t15-,19-,20-/m1/s1. The molecule has 1 saturated heterocycles. The molecule has 1 aliphatic heterocycles. The number of carbonyl (C=O) groups is 4. The SMILES string of the molecule is C[C@H](C(=O)c1ccccc1)N(C(=O)c1ccc([N+](=O)[O-])cc1)N1C(=O)[C@@H]2CCCC[C@H]2C1=O. The highest BCUT2D eigenvalue weighted by Crippen LogP contribution is 2.39. The summed E-state index contributed by atoms with van der Waals surface area (Å²) in [6.45, 7) is 1.47. The second-order valence-corrected chi connectivity index (χ2v) is 8.35. The van der Waals surface area contributed by atoms with Crippen LogP contribution in [0.5, 0.6) is 0 Å². The first kappa shape index (κ1) is 22.3. The topological polar surface area (TPSA) is 118 Å². The summed E-state index contributed by atoms with van der Waals surface area (Å²) in [6, 6.07) is 12.0. The lowest BCUT2D eigenvalue weighted by atomic mass is 9.81. The van der Waals surface area contributed by atoms with Gasteiger partial charge in [-0.1, -0.05) is 43.2 Å². The average molecular weight is 449 g/mol. The molecular formula is C24H23N3O6. The number of Topliss-reactive ketones (excluding diaryl/α,β-unsaturated/α-hetero) is 1. The van der Waals surface area contributed by atoms with Crippen molar-refractivity contribution in [3.63, 3.8) is 0 Å². The molecule has 0 radical (unpaired) electrons. The molecule has 3 atom stereocenters. The van der Waals surface area contributed by atoms with E-state index in [4.69, 9.17) is 0 Å². The zero-order valence-electron chi connectivity index (χ0n) is 18.0. The van der Waals surface area contributed by atoms with Gasteiger partial charge in [-0.2, -0.15) is 5.01 Å². The van der Waals surface area contributed by atoms with E-state index < -0.39 is 46.3 Å². The second kappa shape index (κ2) is 8.93. The van der Waals surface area contributed by atoms with E-state index >= 15 is 0 Å². The first-order valence-electron chi connectivity index (χ1n) is 10.9. The average Bonchev–Trinajstić information content (AvgIpc) is 3.09. The van der Waals surface area contributed by atoms with Gasteiger partial charge < -0.3 is 0 Å². The Kier molecular flexibility index (Phi) is 6.04. The maximum absolute atomic E-state index is 13.5. The maximum Gasteiger partial charge on any atom is 0.273 e. The summed E-state index contributed by atoms with van der Waals surface area (Å²) < 4.78 is 0. The fourth-order valence-corrected chi connectivity index (χ4v) is 4.61. The number of hydrogen-bond acceptors (Lipinski definition) is 6. The van der Waals surface area contributed by atoms with Gasteiger partial charge in [0.15, 0.2) is 5.78 Å². The first-order chi connectivity index (χ1) is 15.8. The predicted octanol–water partition coefficient (Wildman–Crippen LogP) is 3.40. The molecule has 9 nitrogen and oxygen atoms in total. The van der Waals surface area contributed by atoms with E-state index in [9.17, 15) is 29.3 Å². The van der Waals surface area contributed by atoms with Gasteiger partial charge in [0.1, 0.15) is 6.04 Å². The fourth-order valence-electron chi connectivity index (χ4n) is 4.61. The van der Waals surface area contributed by atoms with Crippen LogP contribution in [0.4, 0.5) is 5.69 Å². The molecule has 2 fully saturated rings. The monoisotopic (exact) mass is 449 g/mol. The number of non-ortho nitro benzene ring substituents is 1. The van der Waals surface area contributed by atoms with Gasteiger partial charge in [0.2, 0.25) is 0 Å². The second-order valence-electron chi connectivity index (χ2n) is 8.35. The van der Waals surface area contributed by atoms with Gasteiger partial charge in [-0.05, 0) is 31.9 Å². The van der Waals surface area contributed by atoms with Crippen molar-refractivity contribution in [2.24, 2.45) is 11.8 Å². The Morgan fingerprint density at radius 3 is 2.00 bits per heavy atom. The molecule has 2 aliphatic rings. The number of imide groups is 1. The Balaban J connectivity index is 1.74. The summed E-state index contributed by atoms with van der Waals surface area (Å²) in [4.78, 5) is 63.6. The van der Waals surface area contributed by atoms with Crippen LogP contribution >= 0.6 is 0 Å². The van der Waals surface area contributed by atoms with Crippen molar-refractivity contribution in [1.82, 2.24) is 10.0 Å². The van der Waals surface area contributed by atoms with Crippen molar-refractivity contribution < 1.29 is 24.1 Å². The van der Waals surface area contributed by atoms with E-state index in [-0.39, 0.29) is 11.3 Å². The summed E-state index contributed by atoms with van der Waals surface area (Å²) in [7, 11) is 0. The molecule has 1 saturated carbocycles. The van der Waals surface area contributed by atoms with Crippen molar-refractivity contribution in [2.45, 2.75) is 38.6 Å². The van der Waals surface area contributed by atoms with Gasteiger partial charge >= 0.3 is 0 Å². The maximum atomic E-state index is 13.5. The van der Waals surface area contributed by atoms with Crippen LogP contribution in [0.3, 0.4) is 0 Å². The Morgan fingerprint density at radius 1 is 0.939 bits per heavy atom. The number of fused-ring (bicyclic) bond motifs is 1. The van der Waals surface area contributed by atoms with Crippen molar-refractivity contribution in [1.29, 1.82) is 0 Å². The molecule has 9 heteroatoms. The molecule has 170 valence electrons. The Bertz CT molecular complexity index is 1090. The van der Waals surface area contributed by atoms with Gasteiger partial charge in [-0.3, -0.25) is 29.3 Å². The molecule has 0 N–H and O–H groups in total. The van der Waals surface area contributed by atoms with Crippen LogP contribution in [-0.2, 0) is 9.59 Å². The summed E-state index contributed by atoms with van der Waals surface area (Å²) in [6.07, 6.45) is 2.77. The minimum absolute atomic E-state index is 0.0313. The van der Waals surface area contributed by atoms with Crippen LogP contribution in [0, 0.1) is 22.0 Å². The number of nitro groups is 1. The quantitative estimate of drug-likeness (QED) is 0.289. The lowest BCUT2D eigenvalue weighted by Crippen LogP contribution is -2.56. The van der Waals surface area contributed by atoms with Crippen LogP contribution < -0.4 is 0 Å². The fraction of sp³-hybridized carbons (Fsp3) is 0.333. The van der Waals surface area contributed by atoms with Crippen LogP contribution in [0.15, 0.2) is 54.6 Å². The van der Waals surface area contributed by atoms with Crippen molar-refractivity contribution in [3.8, 4) is 0 Å². The normalized spacial score (nSPS) is 20.8. The van der Waals surface area contributed by atoms with E-state index in [1.807, 2.05) is 0 Å². The van der Waals surface area contributed by atoms with Crippen molar-refractivity contribution >= 4 is 29.2 Å². The molecular weight excluding hydrogens is 426 g/mol. The van der Waals surface area contributed by atoms with Gasteiger partial charge in [0.25, 0.3) is 23.4 Å². The first-order valence-corrected chi connectivity index (χ1v) is 10.9. The van der Waals surface area contributed by atoms with E-state index in [2.05, 4.69) is 0 Å². The Hall–Kier alpha value is -3.88. The number of carbonyl (C=O) groups excluding carboxylic acids is 4. The predicted molar refractivity (Wildman–Crippen MR) is 117 cm³/mol. The number of nitrogens with zero attached hydrogens (tertiary/aromatic N) is 3. The Labute approximate surface area is 190 Å². The minimum atomic E-state index is -1.15. The third-order valence-corrected chi connectivity index (χ3v) is 6.37. The number of rotatable bonds is 6. The lowest BCUT2D eigenvalue weighted by molar-refractivity contribution is -0.384. The highest BCUT2D eigenvalue weighted by Gasteiger charge is 2.53. The molecule has 0 unspecified atom stereocenters. The van der Waals surface area contributed by atoms with Crippen LogP contribution in [0.2, 0.25) is 0 Å². The summed E-state index contributed by atoms with van der Waals surface area (Å²) in [5.74, 6) is -3.14. The van der Waals surface area contributed by atoms with Gasteiger partial charge in [0.05, 0.1) is 16.8 Å². The summed E-state index contributed by atoms with van der Waals surface area (Å²) in [5.41, 5.74) is 0.164. The molecule has 1 aliphatic carbocycles. The van der Waals surface area contributed by atoms with Crippen LogP contribution in [0.1, 0.15) is 53.3 Å². The van der Waals surface area contributed by atoms with E-state index in [1.54, 1.807) is 30.3 Å². The number of benzene rings is 2. The number of amides is 3. The molecule has 0 aromatic heterocycles. The van der Waals surface area contributed by atoms with Crippen molar-refractivity contribution in [3.05, 3.63) is 75.8 Å². The molecule has 0 bridgehead atoms. The third-order valence-electron chi connectivity index (χ3n) is 6.37. The molecule has 33 heavy (non-hydrogen) atoms. The zero-order chi connectivity index (χ0) is 23.7. The van der Waals surface area contributed by atoms with Gasteiger partial charge in [-0.25, -0.2) is 5.01 Å². The zero-order valence-corrected chi connectivity index (χ0v) is 18.0. The summed E-state index contributed by atoms with van der Waals surface area (Å²) >= 11 is 0. The largest absolute Gasteiger partial charge is 0.292 e. The third kappa shape index (κ3) is 4.02. The van der Waals surface area contributed by atoms with E-state index in [0.29, 0.717) is 18.4 Å². The number of hydrazine groups is 1. The van der Waals surface area contributed by atoms with Crippen LogP contribution in [-0.4, -0.2) is 44.5 Å². The lowest BCUT2D eigenvalue weighted by Gasteiger charge is -2.34. The van der Waals surface area contributed by atoms with Gasteiger partial charge in [-0.15, -0.1) is 0 Å². The molecule has 2 aromatic rings. The molecule has 0 spiro atoms. The number of hydrogen-bond donors (Lipinski definition) is 0. The highest BCUT2D eigenvalue weighted by molar-refractivity contribution is 6.10. The number of ketones is 1. The minimum Gasteiger partial charge on any atom is -0.292 e.